The van der Waals surface area contributed by atoms with Crippen molar-refractivity contribution >= 4 is 23.2 Å². The number of hydrogen-bond donors (Lipinski definition) is 0. The number of halogens is 2. The summed E-state index contributed by atoms with van der Waals surface area (Å²) in [6, 6.07) is 8.28. The van der Waals surface area contributed by atoms with Gasteiger partial charge < -0.3 is 9.30 Å². The fourth-order valence-electron chi connectivity index (χ4n) is 2.82. The van der Waals surface area contributed by atoms with Gasteiger partial charge in [-0.3, -0.25) is 4.79 Å². The smallest absolute Gasteiger partial charge is 0.255 e. The number of benzene rings is 1. The molecule has 2 aromatic heterocycles. The van der Waals surface area contributed by atoms with Crippen molar-refractivity contribution in [3.63, 3.8) is 0 Å². The third-order valence-electron chi connectivity index (χ3n) is 4.27. The Morgan fingerprint density at radius 1 is 1.33 bits per heavy atom. The summed E-state index contributed by atoms with van der Waals surface area (Å²) >= 11 is 6.12. The van der Waals surface area contributed by atoms with Gasteiger partial charge in [-0.05, 0) is 37.1 Å². The van der Waals surface area contributed by atoms with Crippen LogP contribution in [0.2, 0.25) is 5.02 Å². The first kappa shape index (κ1) is 15.1. The summed E-state index contributed by atoms with van der Waals surface area (Å²) in [6.07, 6.45) is 7.10. The first-order chi connectivity index (χ1) is 11.6. The van der Waals surface area contributed by atoms with E-state index in [1.807, 2.05) is 0 Å². The second-order valence-corrected chi connectivity index (χ2v) is 6.38. The van der Waals surface area contributed by atoms with Gasteiger partial charge in [0, 0.05) is 35.2 Å². The summed E-state index contributed by atoms with van der Waals surface area (Å²) in [7, 11) is 0. The Bertz CT molecular complexity index is 899. The van der Waals surface area contributed by atoms with Crippen LogP contribution in [0.3, 0.4) is 0 Å². The van der Waals surface area contributed by atoms with Crippen LogP contribution in [-0.4, -0.2) is 26.2 Å². The third kappa shape index (κ3) is 2.76. The number of nitrogens with zero attached hydrogens (tertiary/aromatic N) is 3. The molecule has 2 heterocycles. The molecule has 1 saturated carbocycles. The van der Waals surface area contributed by atoms with Gasteiger partial charge >= 0.3 is 0 Å². The summed E-state index contributed by atoms with van der Waals surface area (Å²) in [5.41, 5.74) is 1.70. The SMILES string of the molecule is O=C(c1ccc2nccn2c1)N(Cc1c(F)cccc1Cl)C1CC1. The van der Waals surface area contributed by atoms with Crippen LogP contribution in [0.4, 0.5) is 4.39 Å². The number of imidazole rings is 1. The summed E-state index contributed by atoms with van der Waals surface area (Å²) in [4.78, 5) is 18.8. The molecule has 3 aromatic rings. The molecule has 0 unspecified atom stereocenters. The van der Waals surface area contributed by atoms with Gasteiger partial charge in [0.25, 0.3) is 5.91 Å². The van der Waals surface area contributed by atoms with Gasteiger partial charge in [0.1, 0.15) is 11.5 Å². The second-order valence-electron chi connectivity index (χ2n) is 5.97. The Balaban J connectivity index is 1.66. The molecule has 0 atom stereocenters. The lowest BCUT2D eigenvalue weighted by molar-refractivity contribution is 0.0728. The van der Waals surface area contributed by atoms with Crippen molar-refractivity contribution in [1.82, 2.24) is 14.3 Å². The minimum Gasteiger partial charge on any atom is -0.331 e. The van der Waals surface area contributed by atoms with Crippen molar-refractivity contribution in [2.45, 2.75) is 25.4 Å². The van der Waals surface area contributed by atoms with Crippen molar-refractivity contribution in [2.24, 2.45) is 0 Å². The second kappa shape index (κ2) is 5.91. The van der Waals surface area contributed by atoms with Gasteiger partial charge in [-0.15, -0.1) is 0 Å². The van der Waals surface area contributed by atoms with E-state index in [9.17, 15) is 9.18 Å². The Hall–Kier alpha value is -2.40. The molecule has 1 fully saturated rings. The van der Waals surface area contributed by atoms with Crippen molar-refractivity contribution < 1.29 is 9.18 Å². The van der Waals surface area contributed by atoms with E-state index in [2.05, 4.69) is 4.98 Å². The van der Waals surface area contributed by atoms with Gasteiger partial charge in [-0.1, -0.05) is 17.7 Å². The van der Waals surface area contributed by atoms with Gasteiger partial charge in [-0.2, -0.15) is 0 Å². The summed E-state index contributed by atoms with van der Waals surface area (Å²) in [5, 5.41) is 0.346. The van der Waals surface area contributed by atoms with E-state index in [4.69, 9.17) is 11.6 Å². The standard InChI is InChI=1S/C18H15ClFN3O/c19-15-2-1-3-16(20)14(15)11-23(13-5-6-13)18(24)12-4-7-17-21-8-9-22(17)10-12/h1-4,7-10,13H,5-6,11H2. The molecular weight excluding hydrogens is 329 g/mol. The van der Waals surface area contributed by atoms with Gasteiger partial charge in [0.2, 0.25) is 0 Å². The molecule has 1 aromatic carbocycles. The molecule has 0 N–H and O–H groups in total. The average Bonchev–Trinajstić information content (AvgIpc) is 3.30. The lowest BCUT2D eigenvalue weighted by Crippen LogP contribution is -2.33. The van der Waals surface area contributed by atoms with Crippen LogP contribution in [0.25, 0.3) is 5.65 Å². The number of amides is 1. The van der Waals surface area contributed by atoms with Crippen LogP contribution in [0.15, 0.2) is 48.9 Å². The molecular formula is C18H15ClFN3O. The van der Waals surface area contributed by atoms with Gasteiger partial charge in [0.15, 0.2) is 0 Å². The predicted molar refractivity (Wildman–Crippen MR) is 89.5 cm³/mol. The molecule has 1 aliphatic rings. The Kier molecular flexibility index (Phi) is 3.73. The van der Waals surface area contributed by atoms with E-state index in [0.29, 0.717) is 16.1 Å². The molecule has 4 nitrogen and oxygen atoms in total. The Morgan fingerprint density at radius 3 is 2.92 bits per heavy atom. The lowest BCUT2D eigenvalue weighted by Gasteiger charge is -2.23. The zero-order valence-corrected chi connectivity index (χ0v) is 13.6. The van der Waals surface area contributed by atoms with Crippen LogP contribution in [0, 0.1) is 5.82 Å². The maximum atomic E-state index is 14.1. The minimum absolute atomic E-state index is 0.118. The number of fused-ring (bicyclic) bond motifs is 1. The first-order valence-electron chi connectivity index (χ1n) is 7.80. The zero-order valence-electron chi connectivity index (χ0n) is 12.8. The van der Waals surface area contributed by atoms with Crippen LogP contribution in [0.1, 0.15) is 28.8 Å². The fraction of sp³-hybridized carbons (Fsp3) is 0.222. The monoisotopic (exact) mass is 343 g/mol. The molecule has 1 aliphatic carbocycles. The molecule has 24 heavy (non-hydrogen) atoms. The highest BCUT2D eigenvalue weighted by Crippen LogP contribution is 2.32. The Labute approximate surface area is 143 Å². The van der Waals surface area contributed by atoms with Crippen molar-refractivity contribution in [3.8, 4) is 0 Å². The van der Waals surface area contributed by atoms with E-state index >= 15 is 0 Å². The maximum absolute atomic E-state index is 14.1. The number of carbonyl (C=O) groups excluding carboxylic acids is 1. The quantitative estimate of drug-likeness (QED) is 0.719. The van der Waals surface area contributed by atoms with Crippen LogP contribution >= 0.6 is 11.6 Å². The third-order valence-corrected chi connectivity index (χ3v) is 4.63. The molecule has 1 amide bonds. The zero-order chi connectivity index (χ0) is 16.7. The number of aromatic nitrogens is 2. The van der Waals surface area contributed by atoms with E-state index in [0.717, 1.165) is 18.5 Å². The molecule has 0 spiro atoms. The van der Waals surface area contributed by atoms with Gasteiger partial charge in [-0.25, -0.2) is 9.37 Å². The average molecular weight is 344 g/mol. The Morgan fingerprint density at radius 2 is 2.17 bits per heavy atom. The summed E-state index contributed by atoms with van der Waals surface area (Å²) in [6.45, 7) is 0.178. The largest absolute Gasteiger partial charge is 0.331 e. The number of carbonyl (C=O) groups is 1. The first-order valence-corrected chi connectivity index (χ1v) is 8.18. The van der Waals surface area contributed by atoms with E-state index in [1.54, 1.807) is 52.2 Å². The number of pyridine rings is 1. The highest BCUT2D eigenvalue weighted by Gasteiger charge is 2.34. The predicted octanol–water partition coefficient (Wildman–Crippen LogP) is 3.93. The van der Waals surface area contributed by atoms with Crippen molar-refractivity contribution in [3.05, 3.63) is 70.9 Å². The highest BCUT2D eigenvalue weighted by atomic mass is 35.5. The topological polar surface area (TPSA) is 37.6 Å². The summed E-state index contributed by atoms with van der Waals surface area (Å²) in [5.74, 6) is -0.501. The molecule has 122 valence electrons. The van der Waals surface area contributed by atoms with Crippen molar-refractivity contribution in [2.75, 3.05) is 0 Å². The molecule has 0 saturated heterocycles. The van der Waals surface area contributed by atoms with Crippen LogP contribution < -0.4 is 0 Å². The van der Waals surface area contributed by atoms with Crippen LogP contribution in [0.5, 0.6) is 0 Å². The molecule has 0 aliphatic heterocycles. The maximum Gasteiger partial charge on any atom is 0.255 e. The number of hydrogen-bond acceptors (Lipinski definition) is 2. The molecule has 0 bridgehead atoms. The minimum atomic E-state index is -0.383. The number of rotatable bonds is 4. The van der Waals surface area contributed by atoms with Crippen LogP contribution in [-0.2, 0) is 6.54 Å². The van der Waals surface area contributed by atoms with E-state index in [1.165, 1.54) is 6.07 Å². The molecule has 4 rings (SSSR count). The van der Waals surface area contributed by atoms with Crippen molar-refractivity contribution in [1.29, 1.82) is 0 Å². The normalized spacial score (nSPS) is 14.1. The highest BCUT2D eigenvalue weighted by molar-refractivity contribution is 6.31. The fourth-order valence-corrected chi connectivity index (χ4v) is 3.04. The molecule has 6 heteroatoms. The molecule has 0 radical (unpaired) electrons. The van der Waals surface area contributed by atoms with Gasteiger partial charge in [0.05, 0.1) is 12.1 Å². The lowest BCUT2D eigenvalue weighted by atomic mass is 10.1. The van der Waals surface area contributed by atoms with E-state index < -0.39 is 0 Å². The summed E-state index contributed by atoms with van der Waals surface area (Å²) < 4.78 is 15.9. The van der Waals surface area contributed by atoms with E-state index in [-0.39, 0.29) is 24.3 Å².